The van der Waals surface area contributed by atoms with Crippen molar-refractivity contribution < 1.29 is 9.13 Å². The molecule has 0 saturated heterocycles. The average molecular weight is 326 g/mol. The summed E-state index contributed by atoms with van der Waals surface area (Å²) in [5.41, 5.74) is 0.966. The number of hydrogen-bond donors (Lipinski definition) is 0. The fourth-order valence-electron chi connectivity index (χ4n) is 1.14. The Bertz CT molecular complexity index is 304. The number of hydrogen-bond acceptors (Lipinski definition) is 2. The Kier molecular flexibility index (Phi) is 5.52. The summed E-state index contributed by atoms with van der Waals surface area (Å²) in [4.78, 5) is 0. The molecule has 0 aliphatic heterocycles. The van der Waals surface area contributed by atoms with Crippen LogP contribution < -0.4 is 0 Å². The third kappa shape index (κ3) is 3.71. The molecule has 1 aromatic heterocycles. The van der Waals surface area contributed by atoms with Crippen molar-refractivity contribution in [2.24, 2.45) is 0 Å². The molecular formula is C10H16FIN2O. The van der Waals surface area contributed by atoms with Gasteiger partial charge in [-0.25, -0.2) is 4.39 Å². The molecule has 0 saturated carbocycles. The second-order valence-corrected chi connectivity index (χ2v) is 4.54. The standard InChI is InChI=1S/C10H16FIN2O/c1-3-8(2)15-7-10-9(12)6-13-14(10)5-4-11/h6,8H,3-5,7H2,1-2H3/t8-/m1/s1. The molecule has 0 spiro atoms. The van der Waals surface area contributed by atoms with E-state index >= 15 is 0 Å². The molecule has 0 aliphatic rings. The maximum atomic E-state index is 12.2. The van der Waals surface area contributed by atoms with E-state index in [4.69, 9.17) is 4.74 Å². The zero-order valence-electron chi connectivity index (χ0n) is 9.04. The third-order valence-corrected chi connectivity index (χ3v) is 3.17. The maximum absolute atomic E-state index is 12.2. The third-order valence-electron chi connectivity index (χ3n) is 2.27. The van der Waals surface area contributed by atoms with Crippen LogP contribution in [-0.4, -0.2) is 22.6 Å². The van der Waals surface area contributed by atoms with Gasteiger partial charge in [-0.1, -0.05) is 6.92 Å². The lowest BCUT2D eigenvalue weighted by molar-refractivity contribution is 0.0461. The molecule has 0 aromatic carbocycles. The topological polar surface area (TPSA) is 27.1 Å². The van der Waals surface area contributed by atoms with Gasteiger partial charge in [0.2, 0.25) is 0 Å². The SMILES string of the molecule is CC[C@@H](C)OCc1c(I)cnn1CCF. The Hall–Kier alpha value is -0.170. The molecule has 0 bridgehead atoms. The van der Waals surface area contributed by atoms with Crippen molar-refractivity contribution in [1.82, 2.24) is 9.78 Å². The molecule has 0 N–H and O–H groups in total. The predicted molar refractivity (Wildman–Crippen MR) is 65.5 cm³/mol. The van der Waals surface area contributed by atoms with E-state index in [-0.39, 0.29) is 6.10 Å². The molecule has 0 aliphatic carbocycles. The van der Waals surface area contributed by atoms with E-state index in [9.17, 15) is 4.39 Å². The first-order chi connectivity index (χ1) is 7.19. The van der Waals surface area contributed by atoms with Crippen molar-refractivity contribution in [3.63, 3.8) is 0 Å². The van der Waals surface area contributed by atoms with E-state index in [1.165, 1.54) is 0 Å². The summed E-state index contributed by atoms with van der Waals surface area (Å²) < 4.78 is 20.5. The van der Waals surface area contributed by atoms with Crippen LogP contribution in [-0.2, 0) is 17.9 Å². The van der Waals surface area contributed by atoms with Gasteiger partial charge in [-0.3, -0.25) is 4.68 Å². The molecule has 0 radical (unpaired) electrons. The predicted octanol–water partition coefficient (Wildman–Crippen LogP) is 2.77. The van der Waals surface area contributed by atoms with Gasteiger partial charge in [0, 0.05) is 0 Å². The molecule has 3 nitrogen and oxygen atoms in total. The molecule has 15 heavy (non-hydrogen) atoms. The van der Waals surface area contributed by atoms with Crippen molar-refractivity contribution in [2.75, 3.05) is 6.67 Å². The number of ether oxygens (including phenoxy) is 1. The second-order valence-electron chi connectivity index (χ2n) is 3.38. The lowest BCUT2D eigenvalue weighted by Gasteiger charge is -2.11. The molecule has 1 heterocycles. The highest BCUT2D eigenvalue weighted by Gasteiger charge is 2.09. The summed E-state index contributed by atoms with van der Waals surface area (Å²) in [7, 11) is 0. The summed E-state index contributed by atoms with van der Waals surface area (Å²) in [5, 5.41) is 4.10. The first-order valence-electron chi connectivity index (χ1n) is 5.06. The van der Waals surface area contributed by atoms with E-state index < -0.39 is 6.67 Å². The van der Waals surface area contributed by atoms with Crippen LogP contribution in [0.3, 0.4) is 0 Å². The van der Waals surface area contributed by atoms with Crippen LogP contribution in [0.4, 0.5) is 4.39 Å². The van der Waals surface area contributed by atoms with Crippen molar-refractivity contribution >= 4 is 22.6 Å². The Balaban J connectivity index is 2.61. The zero-order valence-corrected chi connectivity index (χ0v) is 11.2. The molecule has 0 unspecified atom stereocenters. The van der Waals surface area contributed by atoms with Crippen LogP contribution >= 0.6 is 22.6 Å². The first kappa shape index (κ1) is 12.9. The number of aryl methyl sites for hydroxylation is 1. The summed E-state index contributed by atoms with van der Waals surface area (Å²) in [6.07, 6.45) is 2.95. The molecule has 1 atom stereocenters. The smallest absolute Gasteiger partial charge is 0.109 e. The first-order valence-corrected chi connectivity index (χ1v) is 6.14. The fraction of sp³-hybridized carbons (Fsp3) is 0.700. The number of aromatic nitrogens is 2. The van der Waals surface area contributed by atoms with Crippen molar-refractivity contribution in [1.29, 1.82) is 0 Å². The van der Waals surface area contributed by atoms with Gasteiger partial charge >= 0.3 is 0 Å². The van der Waals surface area contributed by atoms with Gasteiger partial charge in [0.05, 0.1) is 34.7 Å². The quantitative estimate of drug-likeness (QED) is 0.752. The van der Waals surface area contributed by atoms with Gasteiger partial charge in [0.1, 0.15) is 6.67 Å². The van der Waals surface area contributed by atoms with E-state index in [0.29, 0.717) is 13.2 Å². The van der Waals surface area contributed by atoms with Gasteiger partial charge in [0.25, 0.3) is 0 Å². The Labute approximate surface area is 103 Å². The van der Waals surface area contributed by atoms with Gasteiger partial charge in [-0.05, 0) is 35.9 Å². The molecule has 86 valence electrons. The molecular weight excluding hydrogens is 310 g/mol. The van der Waals surface area contributed by atoms with E-state index in [0.717, 1.165) is 15.7 Å². The lowest BCUT2D eigenvalue weighted by Crippen LogP contribution is -2.12. The largest absolute Gasteiger partial charge is 0.372 e. The molecule has 5 heteroatoms. The van der Waals surface area contributed by atoms with Crippen LogP contribution in [0.15, 0.2) is 6.20 Å². The van der Waals surface area contributed by atoms with Crippen molar-refractivity contribution in [2.45, 2.75) is 39.5 Å². The summed E-state index contributed by atoms with van der Waals surface area (Å²) in [6.45, 7) is 4.53. The Morgan fingerprint density at radius 3 is 3.00 bits per heavy atom. The molecule has 1 rings (SSSR count). The number of alkyl halides is 1. The van der Waals surface area contributed by atoms with Crippen LogP contribution in [0.2, 0.25) is 0 Å². The highest BCUT2D eigenvalue weighted by atomic mass is 127. The lowest BCUT2D eigenvalue weighted by atomic mass is 10.3. The minimum absolute atomic E-state index is 0.231. The summed E-state index contributed by atoms with van der Waals surface area (Å²) in [6, 6.07) is 0. The monoisotopic (exact) mass is 326 g/mol. The van der Waals surface area contributed by atoms with Crippen molar-refractivity contribution in [3.05, 3.63) is 15.5 Å². The Morgan fingerprint density at radius 2 is 2.40 bits per heavy atom. The van der Waals surface area contributed by atoms with Gasteiger partial charge < -0.3 is 4.74 Å². The van der Waals surface area contributed by atoms with Crippen LogP contribution in [0.5, 0.6) is 0 Å². The molecule has 0 fully saturated rings. The van der Waals surface area contributed by atoms with E-state index in [1.807, 2.05) is 6.92 Å². The summed E-state index contributed by atoms with van der Waals surface area (Å²) in [5.74, 6) is 0. The minimum atomic E-state index is -0.395. The van der Waals surface area contributed by atoms with E-state index in [1.54, 1.807) is 10.9 Å². The van der Waals surface area contributed by atoms with Crippen LogP contribution in [0.25, 0.3) is 0 Å². The van der Waals surface area contributed by atoms with Gasteiger partial charge in [-0.2, -0.15) is 5.10 Å². The van der Waals surface area contributed by atoms with Crippen LogP contribution in [0, 0.1) is 3.57 Å². The number of nitrogens with zero attached hydrogens (tertiary/aromatic N) is 2. The maximum Gasteiger partial charge on any atom is 0.109 e. The normalized spacial score (nSPS) is 13.1. The zero-order chi connectivity index (χ0) is 11.3. The van der Waals surface area contributed by atoms with Crippen LogP contribution in [0.1, 0.15) is 26.0 Å². The highest BCUT2D eigenvalue weighted by Crippen LogP contribution is 2.14. The molecule has 0 amide bonds. The summed E-state index contributed by atoms with van der Waals surface area (Å²) >= 11 is 2.19. The highest BCUT2D eigenvalue weighted by molar-refractivity contribution is 14.1. The number of rotatable bonds is 6. The number of halogens is 2. The van der Waals surface area contributed by atoms with Gasteiger partial charge in [0.15, 0.2) is 0 Å². The minimum Gasteiger partial charge on any atom is -0.372 e. The Morgan fingerprint density at radius 1 is 1.67 bits per heavy atom. The van der Waals surface area contributed by atoms with Crippen molar-refractivity contribution in [3.8, 4) is 0 Å². The second kappa shape index (κ2) is 6.42. The van der Waals surface area contributed by atoms with E-state index in [2.05, 4.69) is 34.6 Å². The molecule has 1 aromatic rings. The fourth-order valence-corrected chi connectivity index (χ4v) is 1.70. The average Bonchev–Trinajstić information content (AvgIpc) is 2.57. The van der Waals surface area contributed by atoms with Gasteiger partial charge in [-0.15, -0.1) is 0 Å².